The third-order valence-corrected chi connectivity index (χ3v) is 3.91. The van der Waals surface area contributed by atoms with Crippen molar-refractivity contribution < 1.29 is 4.74 Å². The second-order valence-corrected chi connectivity index (χ2v) is 5.88. The third kappa shape index (κ3) is 5.50. The Labute approximate surface area is 144 Å². The van der Waals surface area contributed by atoms with Crippen LogP contribution in [-0.4, -0.2) is 35.6 Å². The van der Waals surface area contributed by atoms with Crippen molar-refractivity contribution in [2.45, 2.75) is 26.1 Å². The number of benzene rings is 1. The van der Waals surface area contributed by atoms with Crippen molar-refractivity contribution in [1.82, 2.24) is 15.2 Å². The van der Waals surface area contributed by atoms with Crippen molar-refractivity contribution in [3.05, 3.63) is 59.9 Å². The number of pyridine rings is 1. The predicted octanol–water partition coefficient (Wildman–Crippen LogP) is 2.88. The first-order valence-electron chi connectivity index (χ1n) is 7.86. The molecule has 3 rings (SSSR count). The quantitative estimate of drug-likeness (QED) is 0.913. The van der Waals surface area contributed by atoms with Gasteiger partial charge in [0.1, 0.15) is 12.4 Å². The molecule has 0 saturated carbocycles. The first-order valence-corrected chi connectivity index (χ1v) is 7.86. The van der Waals surface area contributed by atoms with Gasteiger partial charge in [0.2, 0.25) is 0 Å². The van der Waals surface area contributed by atoms with Crippen molar-refractivity contribution >= 4 is 12.4 Å². The molecule has 1 aliphatic heterocycles. The van der Waals surface area contributed by atoms with E-state index >= 15 is 0 Å². The Morgan fingerprint density at radius 1 is 1.22 bits per heavy atom. The summed E-state index contributed by atoms with van der Waals surface area (Å²) >= 11 is 0. The maximum atomic E-state index is 5.79. The van der Waals surface area contributed by atoms with Gasteiger partial charge in [-0.2, -0.15) is 0 Å². The van der Waals surface area contributed by atoms with Crippen LogP contribution in [0.15, 0.2) is 48.8 Å². The number of hydrogen-bond donors (Lipinski definition) is 1. The van der Waals surface area contributed by atoms with Gasteiger partial charge in [-0.25, -0.2) is 0 Å². The van der Waals surface area contributed by atoms with E-state index < -0.39 is 0 Å². The molecule has 0 unspecified atom stereocenters. The molecule has 1 fully saturated rings. The van der Waals surface area contributed by atoms with Crippen LogP contribution in [0, 0.1) is 0 Å². The first kappa shape index (κ1) is 17.7. The third-order valence-electron chi connectivity index (χ3n) is 3.91. The van der Waals surface area contributed by atoms with Crippen molar-refractivity contribution in [2.24, 2.45) is 0 Å². The molecule has 1 atom stereocenters. The minimum atomic E-state index is 0. The summed E-state index contributed by atoms with van der Waals surface area (Å²) in [7, 11) is 0. The van der Waals surface area contributed by atoms with Gasteiger partial charge in [0.05, 0.1) is 0 Å². The van der Waals surface area contributed by atoms with E-state index in [9.17, 15) is 0 Å². The number of ether oxygens (including phenoxy) is 1. The lowest BCUT2D eigenvalue weighted by atomic mass is 10.1. The van der Waals surface area contributed by atoms with Crippen molar-refractivity contribution in [1.29, 1.82) is 0 Å². The summed E-state index contributed by atoms with van der Waals surface area (Å²) in [4.78, 5) is 6.58. The zero-order valence-corrected chi connectivity index (χ0v) is 14.3. The van der Waals surface area contributed by atoms with Gasteiger partial charge in [0.15, 0.2) is 0 Å². The summed E-state index contributed by atoms with van der Waals surface area (Å²) < 4.78 is 5.79. The molecule has 1 aliphatic rings. The molecule has 2 aromatic rings. The topological polar surface area (TPSA) is 37.4 Å². The molecule has 1 saturated heterocycles. The van der Waals surface area contributed by atoms with E-state index in [1.54, 1.807) is 6.20 Å². The van der Waals surface area contributed by atoms with E-state index in [4.69, 9.17) is 4.74 Å². The lowest BCUT2D eigenvalue weighted by molar-refractivity contribution is 0.199. The summed E-state index contributed by atoms with van der Waals surface area (Å²) in [5.41, 5.74) is 2.42. The number of hydrogen-bond acceptors (Lipinski definition) is 4. The fourth-order valence-electron chi connectivity index (χ4n) is 2.76. The smallest absolute Gasteiger partial charge is 0.119 e. The Morgan fingerprint density at radius 3 is 2.74 bits per heavy atom. The van der Waals surface area contributed by atoms with E-state index in [-0.39, 0.29) is 12.4 Å². The molecule has 0 aliphatic carbocycles. The van der Waals surface area contributed by atoms with Crippen LogP contribution >= 0.6 is 12.4 Å². The van der Waals surface area contributed by atoms with Crippen LogP contribution in [0.2, 0.25) is 0 Å². The Bertz CT molecular complexity index is 577. The van der Waals surface area contributed by atoms with E-state index in [0.29, 0.717) is 12.6 Å². The molecule has 1 aromatic heterocycles. The number of rotatable bonds is 5. The van der Waals surface area contributed by atoms with E-state index in [1.165, 1.54) is 5.56 Å². The van der Waals surface area contributed by atoms with Gasteiger partial charge >= 0.3 is 0 Å². The fraction of sp³-hybridized carbons (Fsp3) is 0.389. The summed E-state index contributed by atoms with van der Waals surface area (Å²) in [6, 6.07) is 12.9. The zero-order chi connectivity index (χ0) is 15.2. The SMILES string of the molecule is C[C@H]1CN(Cc2ccc(OCc3cccnc3)cc2)CCN1.Cl. The normalized spacial score (nSPS) is 18.2. The molecule has 124 valence electrons. The molecule has 0 radical (unpaired) electrons. The highest BCUT2D eigenvalue weighted by molar-refractivity contribution is 5.85. The van der Waals surface area contributed by atoms with Crippen LogP contribution < -0.4 is 10.1 Å². The summed E-state index contributed by atoms with van der Waals surface area (Å²) in [6.45, 7) is 7.11. The van der Waals surface area contributed by atoms with E-state index in [2.05, 4.69) is 46.4 Å². The first-order chi connectivity index (χ1) is 10.8. The van der Waals surface area contributed by atoms with Gasteiger partial charge in [0, 0.05) is 50.2 Å². The zero-order valence-electron chi connectivity index (χ0n) is 13.4. The number of halogens is 1. The Kier molecular flexibility index (Phi) is 6.84. The maximum Gasteiger partial charge on any atom is 0.119 e. The number of aromatic nitrogens is 1. The van der Waals surface area contributed by atoms with Crippen LogP contribution in [0.5, 0.6) is 5.75 Å². The second kappa shape index (κ2) is 8.87. The molecule has 2 heterocycles. The molecule has 4 nitrogen and oxygen atoms in total. The Morgan fingerprint density at radius 2 is 2.04 bits per heavy atom. The van der Waals surface area contributed by atoms with Gasteiger partial charge in [-0.05, 0) is 30.7 Å². The molecule has 1 N–H and O–H groups in total. The van der Waals surface area contributed by atoms with Gasteiger partial charge in [-0.15, -0.1) is 12.4 Å². The standard InChI is InChI=1S/C18H23N3O.ClH/c1-15-12-21(10-9-20-15)13-16-4-6-18(7-5-16)22-14-17-3-2-8-19-11-17;/h2-8,11,15,20H,9-10,12-14H2,1H3;1H/t15-;/m0./s1. The second-order valence-electron chi connectivity index (χ2n) is 5.88. The Balaban J connectivity index is 0.00000192. The van der Waals surface area contributed by atoms with Gasteiger partial charge in [-0.3, -0.25) is 9.88 Å². The van der Waals surface area contributed by atoms with Crippen LogP contribution in [-0.2, 0) is 13.2 Å². The molecule has 23 heavy (non-hydrogen) atoms. The minimum absolute atomic E-state index is 0. The van der Waals surface area contributed by atoms with Gasteiger partial charge in [-0.1, -0.05) is 18.2 Å². The maximum absolute atomic E-state index is 5.79. The fourth-order valence-corrected chi connectivity index (χ4v) is 2.76. The predicted molar refractivity (Wildman–Crippen MR) is 95.0 cm³/mol. The minimum Gasteiger partial charge on any atom is -0.489 e. The molecule has 0 amide bonds. The monoisotopic (exact) mass is 333 g/mol. The van der Waals surface area contributed by atoms with Crippen molar-refractivity contribution in [3.63, 3.8) is 0 Å². The molecule has 1 aromatic carbocycles. The van der Waals surface area contributed by atoms with Crippen LogP contribution in [0.3, 0.4) is 0 Å². The molecule has 0 spiro atoms. The molecule has 0 bridgehead atoms. The Hall–Kier alpha value is -1.62. The lowest BCUT2D eigenvalue weighted by Crippen LogP contribution is -2.48. The van der Waals surface area contributed by atoms with Gasteiger partial charge < -0.3 is 10.1 Å². The van der Waals surface area contributed by atoms with Crippen molar-refractivity contribution in [3.8, 4) is 5.75 Å². The van der Waals surface area contributed by atoms with Gasteiger partial charge in [0.25, 0.3) is 0 Å². The van der Waals surface area contributed by atoms with Crippen LogP contribution in [0.4, 0.5) is 0 Å². The molecule has 5 heteroatoms. The van der Waals surface area contributed by atoms with E-state index in [0.717, 1.165) is 37.5 Å². The van der Waals surface area contributed by atoms with Crippen LogP contribution in [0.25, 0.3) is 0 Å². The highest BCUT2D eigenvalue weighted by Gasteiger charge is 2.15. The van der Waals surface area contributed by atoms with Crippen LogP contribution in [0.1, 0.15) is 18.1 Å². The average Bonchev–Trinajstić information content (AvgIpc) is 2.55. The summed E-state index contributed by atoms with van der Waals surface area (Å²) in [6.07, 6.45) is 3.61. The highest BCUT2D eigenvalue weighted by Crippen LogP contribution is 2.16. The number of nitrogens with zero attached hydrogens (tertiary/aromatic N) is 2. The summed E-state index contributed by atoms with van der Waals surface area (Å²) in [5.74, 6) is 0.904. The molecular formula is C18H24ClN3O. The summed E-state index contributed by atoms with van der Waals surface area (Å²) in [5, 5.41) is 3.47. The highest BCUT2D eigenvalue weighted by atomic mass is 35.5. The largest absolute Gasteiger partial charge is 0.489 e. The van der Waals surface area contributed by atoms with E-state index in [1.807, 2.05) is 18.3 Å². The van der Waals surface area contributed by atoms with Crippen molar-refractivity contribution in [2.75, 3.05) is 19.6 Å². The number of nitrogens with one attached hydrogen (secondary N) is 1. The average molecular weight is 334 g/mol. The lowest BCUT2D eigenvalue weighted by Gasteiger charge is -2.31. The molecular weight excluding hydrogens is 310 g/mol. The number of piperazine rings is 1.